The molecule has 0 radical (unpaired) electrons. The largest absolute Gasteiger partial charge is 0.493 e. The maximum absolute atomic E-state index is 12.8. The summed E-state index contributed by atoms with van der Waals surface area (Å²) in [4.78, 5) is 24.6. The van der Waals surface area contributed by atoms with Crippen LogP contribution in [0.3, 0.4) is 0 Å². The lowest BCUT2D eigenvalue weighted by Crippen LogP contribution is -2.15. The molecule has 4 nitrogen and oxygen atoms in total. The molecule has 1 amide bonds. The Labute approximate surface area is 146 Å². The SMILES string of the molecule is CCOc1cc2ccccc2cc1C(=O)Nc1ccccc1C(C)=O. The molecule has 0 aromatic heterocycles. The van der Waals surface area contributed by atoms with Crippen molar-refractivity contribution in [2.75, 3.05) is 11.9 Å². The van der Waals surface area contributed by atoms with Crippen molar-refractivity contribution >= 4 is 28.2 Å². The lowest BCUT2D eigenvalue weighted by molar-refractivity contribution is 0.101. The zero-order chi connectivity index (χ0) is 17.8. The fourth-order valence-electron chi connectivity index (χ4n) is 2.76. The van der Waals surface area contributed by atoms with Crippen LogP contribution in [0.5, 0.6) is 5.75 Å². The van der Waals surface area contributed by atoms with Gasteiger partial charge >= 0.3 is 0 Å². The van der Waals surface area contributed by atoms with Gasteiger partial charge in [0.25, 0.3) is 5.91 Å². The third kappa shape index (κ3) is 3.53. The first kappa shape index (κ1) is 16.7. The van der Waals surface area contributed by atoms with Gasteiger partial charge in [0.2, 0.25) is 0 Å². The summed E-state index contributed by atoms with van der Waals surface area (Å²) in [7, 11) is 0. The summed E-state index contributed by atoms with van der Waals surface area (Å²) >= 11 is 0. The summed E-state index contributed by atoms with van der Waals surface area (Å²) in [5.74, 6) is 0.126. The van der Waals surface area contributed by atoms with Gasteiger partial charge in [-0.2, -0.15) is 0 Å². The van der Waals surface area contributed by atoms with Gasteiger partial charge < -0.3 is 10.1 Å². The van der Waals surface area contributed by atoms with E-state index in [2.05, 4.69) is 5.32 Å². The van der Waals surface area contributed by atoms with Crippen LogP contribution in [0.2, 0.25) is 0 Å². The zero-order valence-electron chi connectivity index (χ0n) is 14.2. The van der Waals surface area contributed by atoms with Gasteiger partial charge in [0.05, 0.1) is 17.9 Å². The minimum absolute atomic E-state index is 0.0977. The van der Waals surface area contributed by atoms with E-state index in [0.29, 0.717) is 29.2 Å². The number of carbonyl (C=O) groups excluding carboxylic acids is 2. The van der Waals surface area contributed by atoms with Crippen molar-refractivity contribution in [2.45, 2.75) is 13.8 Å². The molecule has 3 rings (SSSR count). The first-order valence-electron chi connectivity index (χ1n) is 8.17. The summed E-state index contributed by atoms with van der Waals surface area (Å²) in [6.45, 7) is 3.82. The van der Waals surface area contributed by atoms with Crippen LogP contribution in [0, 0.1) is 0 Å². The Morgan fingerprint density at radius 3 is 2.24 bits per heavy atom. The second-order valence-electron chi connectivity index (χ2n) is 5.68. The molecule has 3 aromatic carbocycles. The van der Waals surface area contributed by atoms with Crippen LogP contribution in [-0.2, 0) is 0 Å². The van der Waals surface area contributed by atoms with Gasteiger partial charge in [0, 0.05) is 5.56 Å². The smallest absolute Gasteiger partial charge is 0.259 e. The van der Waals surface area contributed by atoms with Crippen LogP contribution in [0.4, 0.5) is 5.69 Å². The van der Waals surface area contributed by atoms with E-state index in [0.717, 1.165) is 10.8 Å². The van der Waals surface area contributed by atoms with Crippen LogP contribution in [0.25, 0.3) is 10.8 Å². The van der Waals surface area contributed by atoms with Crippen molar-refractivity contribution in [1.29, 1.82) is 0 Å². The van der Waals surface area contributed by atoms with Crippen molar-refractivity contribution in [3.8, 4) is 5.75 Å². The van der Waals surface area contributed by atoms with Crippen molar-refractivity contribution in [2.24, 2.45) is 0 Å². The monoisotopic (exact) mass is 333 g/mol. The summed E-state index contributed by atoms with van der Waals surface area (Å²) in [6, 6.07) is 18.4. The van der Waals surface area contributed by atoms with E-state index in [4.69, 9.17) is 4.74 Å². The number of benzene rings is 3. The highest BCUT2D eigenvalue weighted by Gasteiger charge is 2.16. The summed E-state index contributed by atoms with van der Waals surface area (Å²) in [6.07, 6.45) is 0. The average molecular weight is 333 g/mol. The van der Waals surface area contributed by atoms with Crippen molar-refractivity contribution in [3.63, 3.8) is 0 Å². The van der Waals surface area contributed by atoms with E-state index in [1.807, 2.05) is 43.3 Å². The number of hydrogen-bond donors (Lipinski definition) is 1. The molecule has 4 heteroatoms. The normalized spacial score (nSPS) is 10.5. The fraction of sp³-hybridized carbons (Fsp3) is 0.143. The molecule has 0 aliphatic carbocycles. The Hall–Kier alpha value is -3.14. The van der Waals surface area contributed by atoms with Crippen LogP contribution < -0.4 is 10.1 Å². The van der Waals surface area contributed by atoms with Gasteiger partial charge in [0.15, 0.2) is 5.78 Å². The molecule has 0 atom stereocenters. The van der Waals surface area contributed by atoms with Gasteiger partial charge in [-0.05, 0) is 48.9 Å². The van der Waals surface area contributed by atoms with Crippen LogP contribution in [-0.4, -0.2) is 18.3 Å². The number of fused-ring (bicyclic) bond motifs is 1. The molecular weight excluding hydrogens is 314 g/mol. The van der Waals surface area contributed by atoms with Gasteiger partial charge in [0.1, 0.15) is 5.75 Å². The molecule has 25 heavy (non-hydrogen) atoms. The van der Waals surface area contributed by atoms with Gasteiger partial charge in [-0.1, -0.05) is 36.4 Å². The van der Waals surface area contributed by atoms with Crippen LogP contribution >= 0.6 is 0 Å². The number of amides is 1. The molecule has 0 spiro atoms. The molecular formula is C21H19NO3. The van der Waals surface area contributed by atoms with Gasteiger partial charge in [-0.3, -0.25) is 9.59 Å². The van der Waals surface area contributed by atoms with Crippen molar-refractivity contribution in [3.05, 3.63) is 71.8 Å². The molecule has 3 aromatic rings. The number of nitrogens with one attached hydrogen (secondary N) is 1. The molecule has 0 heterocycles. The number of para-hydroxylation sites is 1. The summed E-state index contributed by atoms with van der Waals surface area (Å²) in [5.41, 5.74) is 1.42. The first-order chi connectivity index (χ1) is 12.1. The Kier molecular flexibility index (Phi) is 4.80. The third-order valence-corrected chi connectivity index (χ3v) is 3.95. The lowest BCUT2D eigenvalue weighted by atomic mass is 10.0. The Bertz CT molecular complexity index is 947. The second kappa shape index (κ2) is 7.18. The number of carbonyl (C=O) groups is 2. The molecule has 0 saturated heterocycles. The highest BCUT2D eigenvalue weighted by Crippen LogP contribution is 2.27. The molecule has 0 saturated carbocycles. The molecule has 0 aliphatic heterocycles. The standard InChI is InChI=1S/C21H19NO3/c1-3-25-20-13-16-9-5-4-8-15(16)12-18(20)21(24)22-19-11-7-6-10-17(19)14(2)23/h4-13H,3H2,1-2H3,(H,22,24). The molecule has 1 N–H and O–H groups in total. The number of hydrogen-bond acceptors (Lipinski definition) is 3. The molecule has 0 bridgehead atoms. The summed E-state index contributed by atoms with van der Waals surface area (Å²) in [5, 5.41) is 4.79. The van der Waals surface area contributed by atoms with E-state index in [1.54, 1.807) is 24.3 Å². The average Bonchev–Trinajstić information content (AvgIpc) is 2.61. The van der Waals surface area contributed by atoms with Gasteiger partial charge in [-0.25, -0.2) is 0 Å². The molecule has 0 unspecified atom stereocenters. The number of anilines is 1. The zero-order valence-corrected chi connectivity index (χ0v) is 14.2. The highest BCUT2D eigenvalue weighted by molar-refractivity contribution is 6.11. The van der Waals surface area contributed by atoms with Crippen molar-refractivity contribution < 1.29 is 14.3 Å². The topological polar surface area (TPSA) is 55.4 Å². The minimum Gasteiger partial charge on any atom is -0.493 e. The van der Waals surface area contributed by atoms with E-state index in [9.17, 15) is 9.59 Å². The van der Waals surface area contributed by atoms with E-state index in [1.165, 1.54) is 6.92 Å². The number of rotatable bonds is 5. The van der Waals surface area contributed by atoms with E-state index < -0.39 is 0 Å². The molecule has 126 valence electrons. The number of ketones is 1. The van der Waals surface area contributed by atoms with Gasteiger partial charge in [-0.15, -0.1) is 0 Å². The lowest BCUT2D eigenvalue weighted by Gasteiger charge is -2.13. The first-order valence-corrected chi connectivity index (χ1v) is 8.17. The summed E-state index contributed by atoms with van der Waals surface area (Å²) < 4.78 is 5.65. The van der Waals surface area contributed by atoms with E-state index >= 15 is 0 Å². The third-order valence-electron chi connectivity index (χ3n) is 3.95. The van der Waals surface area contributed by atoms with Crippen LogP contribution in [0.15, 0.2) is 60.7 Å². The number of Topliss-reactive ketones (excluding diaryl/α,β-unsaturated/α-hetero) is 1. The highest BCUT2D eigenvalue weighted by atomic mass is 16.5. The van der Waals surface area contributed by atoms with Crippen molar-refractivity contribution in [1.82, 2.24) is 0 Å². The Balaban J connectivity index is 2.02. The molecule has 0 aliphatic rings. The fourth-order valence-corrected chi connectivity index (χ4v) is 2.76. The Morgan fingerprint density at radius 2 is 1.56 bits per heavy atom. The Morgan fingerprint density at radius 1 is 0.920 bits per heavy atom. The predicted molar refractivity (Wildman–Crippen MR) is 99.5 cm³/mol. The minimum atomic E-state index is -0.303. The maximum Gasteiger partial charge on any atom is 0.259 e. The maximum atomic E-state index is 12.8. The predicted octanol–water partition coefficient (Wildman–Crippen LogP) is 4.69. The van der Waals surface area contributed by atoms with E-state index in [-0.39, 0.29) is 11.7 Å². The number of ether oxygens (including phenoxy) is 1. The van der Waals surface area contributed by atoms with Crippen LogP contribution in [0.1, 0.15) is 34.6 Å². The quantitative estimate of drug-likeness (QED) is 0.689. The molecule has 0 fully saturated rings. The second-order valence-corrected chi connectivity index (χ2v) is 5.68.